The molecule has 0 saturated carbocycles. The van der Waals surface area contributed by atoms with Gasteiger partial charge in [-0.2, -0.15) is 0 Å². The number of aryl methyl sites for hydroxylation is 1. The molecule has 2 rings (SSSR count). The van der Waals surface area contributed by atoms with Crippen molar-refractivity contribution in [1.82, 2.24) is 10.6 Å². The zero-order chi connectivity index (χ0) is 14.8. The Hall–Kier alpha value is -1.01. The highest BCUT2D eigenvalue weighted by Gasteiger charge is 2.37. The second kappa shape index (κ2) is 6.18. The summed E-state index contributed by atoms with van der Waals surface area (Å²) in [6, 6.07) is 1.67. The van der Waals surface area contributed by atoms with Gasteiger partial charge in [0.05, 0.1) is 4.75 Å². The second-order valence-electron chi connectivity index (χ2n) is 5.42. The van der Waals surface area contributed by atoms with Gasteiger partial charge in [0.1, 0.15) is 6.04 Å². The first kappa shape index (κ1) is 15.4. The molecule has 0 radical (unpaired) electrons. The molecule has 1 unspecified atom stereocenters. The summed E-state index contributed by atoms with van der Waals surface area (Å²) in [6.07, 6.45) is 0.842. The molecule has 0 bridgehead atoms. The minimum absolute atomic E-state index is 0.0667. The quantitative estimate of drug-likeness (QED) is 0.890. The normalized spacial score (nSPS) is 21.4. The molecule has 1 aliphatic heterocycles. The Morgan fingerprint density at radius 3 is 2.90 bits per heavy atom. The maximum absolute atomic E-state index is 12.0. The van der Waals surface area contributed by atoms with Crippen molar-refractivity contribution in [3.63, 3.8) is 0 Å². The maximum Gasteiger partial charge on any atom is 0.243 e. The van der Waals surface area contributed by atoms with Gasteiger partial charge in [-0.1, -0.05) is 0 Å². The minimum atomic E-state index is -0.440. The zero-order valence-corrected chi connectivity index (χ0v) is 13.6. The molecular weight excluding hydrogens is 292 g/mol. The predicted octanol–water partition coefficient (Wildman–Crippen LogP) is 1.73. The van der Waals surface area contributed by atoms with Crippen molar-refractivity contribution in [2.45, 2.75) is 38.0 Å². The molecule has 0 aliphatic carbocycles. The first-order chi connectivity index (χ1) is 9.40. The van der Waals surface area contributed by atoms with E-state index in [1.54, 1.807) is 11.3 Å². The molecule has 110 valence electrons. The third-order valence-electron chi connectivity index (χ3n) is 3.40. The highest BCUT2D eigenvalue weighted by atomic mass is 32.2. The lowest BCUT2D eigenvalue weighted by molar-refractivity contribution is -0.129. The van der Waals surface area contributed by atoms with Gasteiger partial charge >= 0.3 is 0 Å². The number of hydrogen-bond donors (Lipinski definition) is 2. The van der Waals surface area contributed by atoms with E-state index in [2.05, 4.69) is 29.0 Å². The summed E-state index contributed by atoms with van der Waals surface area (Å²) in [6.45, 7) is 6.44. The summed E-state index contributed by atoms with van der Waals surface area (Å²) in [7, 11) is 0. The summed E-state index contributed by atoms with van der Waals surface area (Å²) in [5.74, 6) is 0.473. The average Bonchev–Trinajstić information content (AvgIpc) is 2.78. The van der Waals surface area contributed by atoms with E-state index in [0.29, 0.717) is 12.3 Å². The Morgan fingerprint density at radius 2 is 2.30 bits per heavy atom. The molecule has 1 aliphatic rings. The third-order valence-corrected chi connectivity index (χ3v) is 5.89. The molecule has 1 saturated heterocycles. The Bertz CT molecular complexity index is 511. The van der Waals surface area contributed by atoms with Gasteiger partial charge in [0.2, 0.25) is 11.8 Å². The van der Waals surface area contributed by atoms with Crippen LogP contribution in [0.1, 0.15) is 24.3 Å². The highest BCUT2D eigenvalue weighted by molar-refractivity contribution is 8.01. The second-order valence-corrected chi connectivity index (χ2v) is 8.06. The Kier molecular flexibility index (Phi) is 4.75. The summed E-state index contributed by atoms with van der Waals surface area (Å²) in [4.78, 5) is 25.2. The molecule has 20 heavy (non-hydrogen) atoms. The van der Waals surface area contributed by atoms with Gasteiger partial charge in [0.15, 0.2) is 0 Å². The predicted molar refractivity (Wildman–Crippen MR) is 84.2 cm³/mol. The lowest BCUT2D eigenvalue weighted by Crippen LogP contribution is -2.57. The van der Waals surface area contributed by atoms with Gasteiger partial charge < -0.3 is 10.6 Å². The van der Waals surface area contributed by atoms with Crippen molar-refractivity contribution < 1.29 is 9.59 Å². The molecule has 1 aromatic heterocycles. The molecule has 2 heterocycles. The number of hydrogen-bond acceptors (Lipinski definition) is 4. The van der Waals surface area contributed by atoms with Crippen molar-refractivity contribution in [2.24, 2.45) is 0 Å². The Labute approximate surface area is 127 Å². The van der Waals surface area contributed by atoms with Gasteiger partial charge in [-0.3, -0.25) is 9.59 Å². The molecule has 1 aromatic rings. The lowest BCUT2D eigenvalue weighted by atomic mass is 10.1. The number of amides is 2. The number of carbonyl (C=O) groups excluding carboxylic acids is 2. The molecule has 1 atom stereocenters. The van der Waals surface area contributed by atoms with E-state index in [9.17, 15) is 9.59 Å². The Balaban J connectivity index is 1.78. The summed E-state index contributed by atoms with van der Waals surface area (Å²) < 4.78 is -0.440. The number of nitrogens with one attached hydrogen (secondary N) is 2. The van der Waals surface area contributed by atoms with Crippen LogP contribution in [-0.2, 0) is 16.0 Å². The lowest BCUT2D eigenvalue weighted by Gasteiger charge is -2.32. The summed E-state index contributed by atoms with van der Waals surface area (Å²) in [5, 5.41) is 7.76. The SMILES string of the molecule is Cc1ccsc1CCNC(=O)C1CSC(C)(C)C(=O)N1. The summed E-state index contributed by atoms with van der Waals surface area (Å²) in [5.41, 5.74) is 1.27. The van der Waals surface area contributed by atoms with Crippen LogP contribution in [0.2, 0.25) is 0 Å². The van der Waals surface area contributed by atoms with Crippen LogP contribution in [0.4, 0.5) is 0 Å². The van der Waals surface area contributed by atoms with Crippen molar-refractivity contribution in [2.75, 3.05) is 12.3 Å². The van der Waals surface area contributed by atoms with Gasteiger partial charge in [0, 0.05) is 17.2 Å². The number of rotatable bonds is 4. The van der Waals surface area contributed by atoms with Crippen LogP contribution in [-0.4, -0.2) is 34.9 Å². The molecule has 1 fully saturated rings. The maximum atomic E-state index is 12.0. The smallest absolute Gasteiger partial charge is 0.243 e. The van der Waals surface area contributed by atoms with E-state index in [0.717, 1.165) is 6.42 Å². The standard InChI is InChI=1S/C14H20N2O2S2/c1-9-5-7-19-11(9)4-6-15-12(17)10-8-20-14(2,3)13(18)16-10/h5,7,10H,4,6,8H2,1-3H3,(H,15,17)(H,16,18). The molecule has 4 nitrogen and oxygen atoms in total. The minimum Gasteiger partial charge on any atom is -0.354 e. The van der Waals surface area contributed by atoms with Crippen molar-refractivity contribution in [3.05, 3.63) is 21.9 Å². The molecular formula is C14H20N2O2S2. The van der Waals surface area contributed by atoms with Crippen LogP contribution in [0.5, 0.6) is 0 Å². The molecule has 0 spiro atoms. The number of carbonyl (C=O) groups is 2. The van der Waals surface area contributed by atoms with Crippen LogP contribution in [0, 0.1) is 6.92 Å². The first-order valence-electron chi connectivity index (χ1n) is 6.66. The van der Waals surface area contributed by atoms with E-state index in [1.807, 2.05) is 13.8 Å². The topological polar surface area (TPSA) is 58.2 Å². The van der Waals surface area contributed by atoms with Crippen LogP contribution in [0.3, 0.4) is 0 Å². The van der Waals surface area contributed by atoms with Crippen LogP contribution in [0.25, 0.3) is 0 Å². The molecule has 0 aromatic carbocycles. The van der Waals surface area contributed by atoms with E-state index in [4.69, 9.17) is 0 Å². The van der Waals surface area contributed by atoms with Gasteiger partial charge in [-0.15, -0.1) is 23.1 Å². The van der Waals surface area contributed by atoms with Gasteiger partial charge in [0.25, 0.3) is 0 Å². The summed E-state index contributed by atoms with van der Waals surface area (Å²) >= 11 is 3.24. The zero-order valence-electron chi connectivity index (χ0n) is 12.0. The van der Waals surface area contributed by atoms with Crippen LogP contribution < -0.4 is 10.6 Å². The van der Waals surface area contributed by atoms with Crippen molar-refractivity contribution in [3.8, 4) is 0 Å². The highest BCUT2D eigenvalue weighted by Crippen LogP contribution is 2.28. The number of thioether (sulfide) groups is 1. The van der Waals surface area contributed by atoms with E-state index >= 15 is 0 Å². The van der Waals surface area contributed by atoms with Crippen LogP contribution >= 0.6 is 23.1 Å². The fourth-order valence-corrected chi connectivity index (χ4v) is 3.87. The average molecular weight is 312 g/mol. The van der Waals surface area contributed by atoms with E-state index in [1.165, 1.54) is 22.2 Å². The third kappa shape index (κ3) is 3.55. The van der Waals surface area contributed by atoms with Crippen molar-refractivity contribution >= 4 is 34.9 Å². The largest absolute Gasteiger partial charge is 0.354 e. The fraction of sp³-hybridized carbons (Fsp3) is 0.571. The Morgan fingerprint density at radius 1 is 1.55 bits per heavy atom. The van der Waals surface area contributed by atoms with Gasteiger partial charge in [-0.05, 0) is 44.2 Å². The monoisotopic (exact) mass is 312 g/mol. The first-order valence-corrected chi connectivity index (χ1v) is 8.52. The molecule has 2 N–H and O–H groups in total. The van der Waals surface area contributed by atoms with E-state index < -0.39 is 10.8 Å². The van der Waals surface area contributed by atoms with Gasteiger partial charge in [-0.25, -0.2) is 0 Å². The molecule has 6 heteroatoms. The van der Waals surface area contributed by atoms with E-state index in [-0.39, 0.29) is 11.8 Å². The number of thiophene rings is 1. The van der Waals surface area contributed by atoms with Crippen molar-refractivity contribution in [1.29, 1.82) is 0 Å². The molecule has 2 amide bonds. The fourth-order valence-electron chi connectivity index (χ4n) is 1.95. The van der Waals surface area contributed by atoms with Crippen LogP contribution in [0.15, 0.2) is 11.4 Å².